The number of sulfonamides is 1. The van der Waals surface area contributed by atoms with Crippen molar-refractivity contribution in [3.05, 3.63) is 34.9 Å². The van der Waals surface area contributed by atoms with E-state index in [0.29, 0.717) is 37.1 Å². The van der Waals surface area contributed by atoms with Crippen LogP contribution in [-0.4, -0.2) is 79.9 Å². The summed E-state index contributed by atoms with van der Waals surface area (Å²) in [4.78, 5) is 31.5. The van der Waals surface area contributed by atoms with Gasteiger partial charge in [0.05, 0.1) is 5.75 Å². The summed E-state index contributed by atoms with van der Waals surface area (Å²) in [5, 5.41) is 2.96. The van der Waals surface area contributed by atoms with Gasteiger partial charge < -0.3 is 10.2 Å². The first kappa shape index (κ1) is 31.5. The van der Waals surface area contributed by atoms with Crippen LogP contribution < -0.4 is 5.32 Å². The molecule has 1 saturated carbocycles. The molecule has 1 saturated heterocycles. The summed E-state index contributed by atoms with van der Waals surface area (Å²) in [6, 6.07) is 5.31. The van der Waals surface area contributed by atoms with Crippen molar-refractivity contribution in [3.8, 4) is 0 Å². The molecule has 1 N–H and O–H groups in total. The Hall–Kier alpha value is -2.47. The summed E-state index contributed by atoms with van der Waals surface area (Å²) < 4.78 is 65.1. The van der Waals surface area contributed by atoms with E-state index in [1.165, 1.54) is 9.21 Å². The van der Waals surface area contributed by atoms with Gasteiger partial charge in [-0.05, 0) is 87.5 Å². The Balaban J connectivity index is 1.28. The first-order chi connectivity index (χ1) is 19.2. The van der Waals surface area contributed by atoms with Crippen LogP contribution in [0.3, 0.4) is 0 Å². The average molecular weight is 599 g/mol. The van der Waals surface area contributed by atoms with Crippen LogP contribution in [0, 0.1) is 18.8 Å². The van der Waals surface area contributed by atoms with Crippen LogP contribution >= 0.6 is 0 Å². The molecule has 8 nitrogen and oxygen atoms in total. The van der Waals surface area contributed by atoms with Crippen molar-refractivity contribution in [2.24, 2.45) is 16.8 Å². The molecule has 2 fully saturated rings. The van der Waals surface area contributed by atoms with Crippen LogP contribution in [0.2, 0.25) is 0 Å². The van der Waals surface area contributed by atoms with Crippen molar-refractivity contribution >= 4 is 27.7 Å². The fourth-order valence-electron chi connectivity index (χ4n) is 6.26. The van der Waals surface area contributed by atoms with Crippen LogP contribution in [0.4, 0.5) is 13.2 Å². The predicted molar refractivity (Wildman–Crippen MR) is 151 cm³/mol. The number of carbonyl (C=O) groups excluding carboxylic acids is 2. The molecule has 1 aromatic carbocycles. The molecule has 12 heteroatoms. The molecule has 2 aliphatic heterocycles. The van der Waals surface area contributed by atoms with Crippen molar-refractivity contribution in [2.75, 3.05) is 32.9 Å². The topological polar surface area (TPSA) is 99.2 Å². The fraction of sp³-hybridized carbons (Fsp3) is 0.690. The summed E-state index contributed by atoms with van der Waals surface area (Å²) in [5.74, 6) is 0.669. The van der Waals surface area contributed by atoms with Crippen LogP contribution in [0.5, 0.6) is 0 Å². The van der Waals surface area contributed by atoms with Crippen molar-refractivity contribution < 1.29 is 31.2 Å². The van der Waals surface area contributed by atoms with Crippen molar-refractivity contribution in [3.63, 3.8) is 0 Å². The molecular weight excluding hydrogens is 557 g/mol. The second kappa shape index (κ2) is 12.4. The lowest BCUT2D eigenvalue weighted by Crippen LogP contribution is -2.51. The third kappa shape index (κ3) is 7.68. The van der Waals surface area contributed by atoms with Crippen molar-refractivity contribution in [1.82, 2.24) is 14.5 Å². The Morgan fingerprint density at radius 3 is 2.39 bits per heavy atom. The lowest BCUT2D eigenvalue weighted by Gasteiger charge is -2.34. The third-order valence-electron chi connectivity index (χ3n) is 8.87. The van der Waals surface area contributed by atoms with E-state index in [1.807, 2.05) is 13.0 Å². The average Bonchev–Trinajstić information content (AvgIpc) is 3.22. The van der Waals surface area contributed by atoms with Gasteiger partial charge in [0.2, 0.25) is 10.0 Å². The second-order valence-electron chi connectivity index (χ2n) is 12.0. The Morgan fingerprint density at radius 2 is 1.80 bits per heavy atom. The van der Waals surface area contributed by atoms with E-state index in [4.69, 9.17) is 4.99 Å². The quantitative estimate of drug-likeness (QED) is 0.454. The summed E-state index contributed by atoms with van der Waals surface area (Å²) in [5.41, 5.74) is 1.35. The van der Waals surface area contributed by atoms with E-state index in [1.54, 1.807) is 26.2 Å². The molecule has 0 unspecified atom stereocenters. The number of hydrogen-bond donors (Lipinski definition) is 1. The van der Waals surface area contributed by atoms with E-state index in [9.17, 15) is 31.2 Å². The summed E-state index contributed by atoms with van der Waals surface area (Å²) >= 11 is 0. The first-order valence-corrected chi connectivity index (χ1v) is 16.1. The highest BCUT2D eigenvalue weighted by Crippen LogP contribution is 2.38. The van der Waals surface area contributed by atoms with Crippen molar-refractivity contribution in [1.29, 1.82) is 0 Å². The first-order valence-electron chi connectivity index (χ1n) is 14.5. The van der Waals surface area contributed by atoms with Gasteiger partial charge in [-0.3, -0.25) is 14.6 Å². The number of alkyl halides is 3. The van der Waals surface area contributed by atoms with Gasteiger partial charge >= 0.3 is 6.18 Å². The van der Waals surface area contributed by atoms with E-state index >= 15 is 0 Å². The molecule has 0 bridgehead atoms. The third-order valence-corrected chi connectivity index (χ3v) is 10.7. The van der Waals surface area contributed by atoms with E-state index < -0.39 is 28.2 Å². The van der Waals surface area contributed by atoms with Gasteiger partial charge in [-0.25, -0.2) is 12.7 Å². The van der Waals surface area contributed by atoms with Gasteiger partial charge in [-0.1, -0.05) is 12.5 Å². The van der Waals surface area contributed by atoms with E-state index in [0.717, 1.165) is 36.8 Å². The highest BCUT2D eigenvalue weighted by atomic mass is 32.2. The molecule has 1 aromatic rings. The lowest BCUT2D eigenvalue weighted by atomic mass is 9.79. The number of piperidine rings is 1. The highest BCUT2D eigenvalue weighted by molar-refractivity contribution is 7.89. The van der Waals surface area contributed by atoms with Gasteiger partial charge in [0.15, 0.2) is 0 Å². The zero-order chi connectivity index (χ0) is 30.0. The SMILES string of the molecule is Cc1cc(C(=O)N(C)C)ccc1CCS(=O)(=O)N1CCC2(CC1)N=C(C1CCC(CCCC(F)(F)F)CC1)NC2=O. The normalized spacial score (nSPS) is 23.4. The number of rotatable bonds is 9. The monoisotopic (exact) mass is 598 g/mol. The Kier molecular flexibility index (Phi) is 9.52. The maximum Gasteiger partial charge on any atom is 0.389 e. The zero-order valence-electron chi connectivity index (χ0n) is 24.1. The maximum absolute atomic E-state index is 13.2. The Bertz CT molecular complexity index is 1260. The van der Waals surface area contributed by atoms with Gasteiger partial charge in [0.25, 0.3) is 11.8 Å². The van der Waals surface area contributed by atoms with Gasteiger partial charge in [0, 0.05) is 45.1 Å². The maximum atomic E-state index is 13.2. The molecule has 228 valence electrons. The number of benzene rings is 1. The summed E-state index contributed by atoms with van der Waals surface area (Å²) in [7, 11) is -0.186. The van der Waals surface area contributed by atoms with Gasteiger partial charge in [0.1, 0.15) is 11.4 Å². The Morgan fingerprint density at radius 1 is 1.15 bits per heavy atom. The minimum atomic E-state index is -4.11. The Labute approximate surface area is 240 Å². The molecule has 1 aliphatic carbocycles. The number of aryl methyl sites for hydroxylation is 2. The van der Waals surface area contributed by atoms with E-state index in [-0.39, 0.29) is 48.9 Å². The van der Waals surface area contributed by atoms with Gasteiger partial charge in [-0.2, -0.15) is 13.2 Å². The number of hydrogen-bond acceptors (Lipinski definition) is 5. The molecule has 4 rings (SSSR count). The van der Waals surface area contributed by atoms with Crippen LogP contribution in [0.1, 0.15) is 79.3 Å². The number of nitrogens with one attached hydrogen (secondary N) is 1. The molecule has 0 radical (unpaired) electrons. The van der Waals surface area contributed by atoms with Crippen LogP contribution in [-0.2, 0) is 21.2 Å². The lowest BCUT2D eigenvalue weighted by molar-refractivity contribution is -0.136. The van der Waals surface area contributed by atoms with Crippen molar-refractivity contribution in [2.45, 2.75) is 82.8 Å². The molecule has 3 aliphatic rings. The summed E-state index contributed by atoms with van der Waals surface area (Å²) in [6.07, 6.45) is 0.0573. The summed E-state index contributed by atoms with van der Waals surface area (Å²) in [6.45, 7) is 2.30. The predicted octanol–water partition coefficient (Wildman–Crippen LogP) is 4.47. The number of amidine groups is 1. The minimum Gasteiger partial charge on any atom is -0.345 e. The molecule has 0 aromatic heterocycles. The minimum absolute atomic E-state index is 0.0608. The highest BCUT2D eigenvalue weighted by Gasteiger charge is 2.48. The largest absolute Gasteiger partial charge is 0.389 e. The van der Waals surface area contributed by atoms with Gasteiger partial charge in [-0.15, -0.1) is 0 Å². The van der Waals surface area contributed by atoms with Crippen LogP contribution in [0.25, 0.3) is 0 Å². The molecule has 1 spiro atoms. The number of nitrogens with zero attached hydrogens (tertiary/aromatic N) is 3. The number of aliphatic imine (C=N–C) groups is 1. The van der Waals surface area contributed by atoms with E-state index in [2.05, 4.69) is 5.32 Å². The molecule has 41 heavy (non-hydrogen) atoms. The smallest absolute Gasteiger partial charge is 0.345 e. The zero-order valence-corrected chi connectivity index (χ0v) is 24.9. The molecular formula is C29H41F3N4O4S. The molecule has 0 atom stereocenters. The second-order valence-corrected chi connectivity index (χ2v) is 14.1. The molecule has 2 amide bonds. The number of amides is 2. The standard InChI is InChI=1S/C29H41F3N4O4S/c1-20-19-24(26(37)35(2)3)11-10-22(20)12-18-41(39,40)36-16-14-28(15-17-36)27(38)33-25(34-28)23-8-6-21(7-9-23)5-4-13-29(30,31)32/h10-11,19,21,23H,4-9,12-18H2,1-3H3,(H,33,34,38). The number of carbonyl (C=O) groups is 2. The molecule has 2 heterocycles. The van der Waals surface area contributed by atoms with Crippen LogP contribution in [0.15, 0.2) is 23.2 Å². The number of halogens is 3. The fourth-order valence-corrected chi connectivity index (χ4v) is 7.73.